The van der Waals surface area contributed by atoms with Crippen molar-refractivity contribution in [2.45, 2.75) is 58.8 Å². The zero-order valence-corrected chi connectivity index (χ0v) is 14.2. The number of benzene rings is 1. The molecule has 1 unspecified atom stereocenters. The van der Waals surface area contributed by atoms with Gasteiger partial charge in [0.2, 0.25) is 0 Å². The number of hydrogen-bond donors (Lipinski definition) is 1. The second-order valence-corrected chi connectivity index (χ2v) is 7.97. The molecule has 1 aromatic carbocycles. The van der Waals surface area contributed by atoms with Crippen LogP contribution in [-0.2, 0) is 16.6 Å². The van der Waals surface area contributed by atoms with E-state index in [1.807, 2.05) is 6.07 Å². The third kappa shape index (κ3) is 1.89. The second-order valence-electron chi connectivity index (χ2n) is 7.97. The van der Waals surface area contributed by atoms with E-state index in [0.717, 1.165) is 18.4 Å². The van der Waals surface area contributed by atoms with Crippen LogP contribution >= 0.6 is 0 Å². The minimum absolute atomic E-state index is 0.123. The Hall–Kier alpha value is -1.57. The van der Waals surface area contributed by atoms with Gasteiger partial charge < -0.3 is 5.11 Å². The summed E-state index contributed by atoms with van der Waals surface area (Å²) in [6, 6.07) is 3.90. The van der Waals surface area contributed by atoms with E-state index in [-0.39, 0.29) is 16.6 Å². The predicted molar refractivity (Wildman–Crippen MR) is 89.3 cm³/mol. The molecule has 0 spiro atoms. The van der Waals surface area contributed by atoms with E-state index in [4.69, 9.17) is 0 Å². The van der Waals surface area contributed by atoms with E-state index in [0.29, 0.717) is 17.6 Å². The van der Waals surface area contributed by atoms with Gasteiger partial charge in [-0.05, 0) is 53.5 Å². The summed E-state index contributed by atoms with van der Waals surface area (Å²) in [5.74, 6) is 1.26. The number of fused-ring (bicyclic) bond motifs is 3. The van der Waals surface area contributed by atoms with Crippen LogP contribution in [0.25, 0.3) is 0 Å². The van der Waals surface area contributed by atoms with Gasteiger partial charge in [-0.3, -0.25) is 4.79 Å². The molecule has 0 fully saturated rings. The molecule has 1 N–H and O–H groups in total. The van der Waals surface area contributed by atoms with E-state index in [1.54, 1.807) is 6.08 Å². The van der Waals surface area contributed by atoms with Crippen LogP contribution in [0.2, 0.25) is 0 Å². The first-order chi connectivity index (χ1) is 10.2. The first-order valence-electron chi connectivity index (χ1n) is 8.28. The van der Waals surface area contributed by atoms with Crippen molar-refractivity contribution in [1.82, 2.24) is 0 Å². The largest absolute Gasteiger partial charge is 0.508 e. The van der Waals surface area contributed by atoms with Crippen LogP contribution in [0, 0.1) is 11.3 Å². The van der Waals surface area contributed by atoms with E-state index < -0.39 is 0 Å². The molecule has 0 amide bonds. The Morgan fingerprint density at radius 1 is 1.23 bits per heavy atom. The van der Waals surface area contributed by atoms with Crippen molar-refractivity contribution in [3.63, 3.8) is 0 Å². The molecule has 118 valence electrons. The van der Waals surface area contributed by atoms with Gasteiger partial charge in [0.15, 0.2) is 5.78 Å². The quantitative estimate of drug-likeness (QED) is 0.828. The molecule has 22 heavy (non-hydrogen) atoms. The van der Waals surface area contributed by atoms with Crippen LogP contribution in [0.5, 0.6) is 5.75 Å². The number of phenols is 1. The van der Waals surface area contributed by atoms with Crippen molar-refractivity contribution in [3.05, 3.63) is 41.0 Å². The highest BCUT2D eigenvalue weighted by molar-refractivity contribution is 5.96. The molecular weight excluding hydrogens is 272 g/mol. The summed E-state index contributed by atoms with van der Waals surface area (Å²) in [4.78, 5) is 12.3. The number of ketones is 1. The molecule has 0 radical (unpaired) electrons. The van der Waals surface area contributed by atoms with Crippen molar-refractivity contribution in [3.8, 4) is 5.75 Å². The molecule has 0 heterocycles. The molecule has 2 nitrogen and oxygen atoms in total. The molecule has 2 heteroatoms. The highest BCUT2D eigenvalue weighted by Crippen LogP contribution is 2.54. The monoisotopic (exact) mass is 298 g/mol. The summed E-state index contributed by atoms with van der Waals surface area (Å²) >= 11 is 0. The van der Waals surface area contributed by atoms with Gasteiger partial charge in [0.1, 0.15) is 5.75 Å². The maximum atomic E-state index is 12.3. The molecular formula is C20H26O2. The van der Waals surface area contributed by atoms with E-state index in [1.165, 1.54) is 11.1 Å². The smallest absolute Gasteiger partial charge is 0.161 e. The molecule has 2 atom stereocenters. The highest BCUT2D eigenvalue weighted by atomic mass is 16.3. The van der Waals surface area contributed by atoms with Crippen LogP contribution < -0.4 is 0 Å². The average Bonchev–Trinajstić information content (AvgIpc) is 2.42. The van der Waals surface area contributed by atoms with Crippen LogP contribution in [0.4, 0.5) is 0 Å². The number of carbonyl (C=O) groups excluding carboxylic acids is 1. The number of carbonyl (C=O) groups is 1. The summed E-state index contributed by atoms with van der Waals surface area (Å²) in [6.45, 7) is 10.7. The second kappa shape index (κ2) is 4.71. The van der Waals surface area contributed by atoms with Crippen molar-refractivity contribution < 1.29 is 9.90 Å². The summed E-state index contributed by atoms with van der Waals surface area (Å²) in [6.07, 6.45) is 5.82. The van der Waals surface area contributed by atoms with Gasteiger partial charge in [-0.1, -0.05) is 46.8 Å². The van der Waals surface area contributed by atoms with Gasteiger partial charge in [0.25, 0.3) is 0 Å². The number of hydrogen-bond acceptors (Lipinski definition) is 2. The van der Waals surface area contributed by atoms with Crippen molar-refractivity contribution in [2.24, 2.45) is 11.3 Å². The van der Waals surface area contributed by atoms with Crippen LogP contribution in [0.3, 0.4) is 0 Å². The number of aromatic hydroxyl groups is 1. The molecule has 0 saturated heterocycles. The van der Waals surface area contributed by atoms with Gasteiger partial charge in [0, 0.05) is 10.8 Å². The Morgan fingerprint density at radius 3 is 2.55 bits per heavy atom. The van der Waals surface area contributed by atoms with Gasteiger partial charge >= 0.3 is 0 Å². The fourth-order valence-electron chi connectivity index (χ4n) is 4.80. The lowest BCUT2D eigenvalue weighted by atomic mass is 9.52. The van der Waals surface area contributed by atoms with Gasteiger partial charge in [-0.15, -0.1) is 0 Å². The lowest BCUT2D eigenvalue weighted by Crippen LogP contribution is -2.49. The molecule has 0 bridgehead atoms. The van der Waals surface area contributed by atoms with E-state index >= 15 is 0 Å². The Kier molecular flexibility index (Phi) is 3.28. The average molecular weight is 298 g/mol. The van der Waals surface area contributed by atoms with Gasteiger partial charge in [-0.2, -0.15) is 0 Å². The topological polar surface area (TPSA) is 37.3 Å². The first kappa shape index (κ1) is 15.3. The summed E-state index contributed by atoms with van der Waals surface area (Å²) in [5, 5.41) is 10.3. The maximum absolute atomic E-state index is 12.3. The van der Waals surface area contributed by atoms with Crippen LogP contribution in [-0.4, -0.2) is 10.9 Å². The lowest BCUT2D eigenvalue weighted by Gasteiger charge is -2.51. The molecule has 2 aliphatic carbocycles. The molecule has 0 aliphatic heterocycles. The SMILES string of the molecule is CC(C)c1c(O)ccc2c1CC[C@H]1C(C)(C)C(=O)C=CC21C. The number of rotatable bonds is 1. The normalized spacial score (nSPS) is 29.4. The van der Waals surface area contributed by atoms with Crippen molar-refractivity contribution >= 4 is 5.78 Å². The molecule has 0 saturated carbocycles. The highest BCUT2D eigenvalue weighted by Gasteiger charge is 2.51. The van der Waals surface area contributed by atoms with Gasteiger partial charge in [-0.25, -0.2) is 0 Å². The predicted octanol–water partition coefficient (Wildman–Crippen LogP) is 4.50. The zero-order valence-electron chi connectivity index (χ0n) is 14.2. The lowest BCUT2D eigenvalue weighted by molar-refractivity contribution is -0.127. The minimum atomic E-state index is -0.322. The fourth-order valence-corrected chi connectivity index (χ4v) is 4.80. The maximum Gasteiger partial charge on any atom is 0.161 e. The summed E-state index contributed by atoms with van der Waals surface area (Å²) in [5.41, 5.74) is 3.23. The third-order valence-electron chi connectivity index (χ3n) is 5.99. The number of phenolic OH excluding ortho intramolecular Hbond substituents is 1. The zero-order chi connectivity index (χ0) is 16.3. The van der Waals surface area contributed by atoms with Crippen LogP contribution in [0.1, 0.15) is 63.6 Å². The number of allylic oxidation sites excluding steroid dienone is 2. The Balaban J connectivity index is 2.25. The first-order valence-corrected chi connectivity index (χ1v) is 8.28. The fraction of sp³-hybridized carbons (Fsp3) is 0.550. The minimum Gasteiger partial charge on any atom is -0.508 e. The van der Waals surface area contributed by atoms with Crippen molar-refractivity contribution in [2.75, 3.05) is 0 Å². The van der Waals surface area contributed by atoms with E-state index in [2.05, 4.69) is 46.8 Å². The van der Waals surface area contributed by atoms with Crippen LogP contribution in [0.15, 0.2) is 24.3 Å². The Bertz CT molecular complexity index is 667. The van der Waals surface area contributed by atoms with E-state index in [9.17, 15) is 9.90 Å². The van der Waals surface area contributed by atoms with Gasteiger partial charge in [0.05, 0.1) is 0 Å². The summed E-state index contributed by atoms with van der Waals surface area (Å²) in [7, 11) is 0. The molecule has 2 aliphatic rings. The standard InChI is InChI=1S/C20H26O2/c1-12(2)18-13-6-9-16-19(3,4)17(22)10-11-20(16,5)14(13)7-8-15(18)21/h7-8,10-12,16,21H,6,9H2,1-5H3/t16-,20?/m0/s1. The van der Waals surface area contributed by atoms with Crippen molar-refractivity contribution in [1.29, 1.82) is 0 Å². The molecule has 1 aromatic rings. The Morgan fingerprint density at radius 2 is 1.91 bits per heavy atom. The summed E-state index contributed by atoms with van der Waals surface area (Å²) < 4.78 is 0. The Labute approximate surface area is 133 Å². The third-order valence-corrected chi connectivity index (χ3v) is 5.99. The molecule has 3 rings (SSSR count). The molecule has 0 aromatic heterocycles.